The SMILES string of the molecule is O=C(O)c1cc(COCC2CCCC2)ccc1F. The molecule has 1 aromatic rings. The molecule has 0 aromatic heterocycles. The number of carboxylic acid groups (broad SMARTS) is 1. The molecule has 98 valence electrons. The van der Waals surface area contributed by atoms with E-state index in [0.717, 1.165) is 0 Å². The number of benzene rings is 1. The highest BCUT2D eigenvalue weighted by molar-refractivity contribution is 5.88. The van der Waals surface area contributed by atoms with E-state index < -0.39 is 11.8 Å². The lowest BCUT2D eigenvalue weighted by molar-refractivity contribution is 0.0690. The zero-order valence-electron chi connectivity index (χ0n) is 10.2. The van der Waals surface area contributed by atoms with Gasteiger partial charge in [0.1, 0.15) is 5.82 Å². The highest BCUT2D eigenvalue weighted by atomic mass is 19.1. The lowest BCUT2D eigenvalue weighted by Crippen LogP contribution is -2.07. The van der Waals surface area contributed by atoms with E-state index in [1.54, 1.807) is 6.07 Å². The molecule has 0 unspecified atom stereocenters. The summed E-state index contributed by atoms with van der Waals surface area (Å²) in [4.78, 5) is 10.8. The van der Waals surface area contributed by atoms with Gasteiger partial charge in [0.25, 0.3) is 0 Å². The average molecular weight is 252 g/mol. The number of carbonyl (C=O) groups is 1. The van der Waals surface area contributed by atoms with Crippen LogP contribution < -0.4 is 0 Å². The summed E-state index contributed by atoms with van der Waals surface area (Å²) in [7, 11) is 0. The zero-order valence-corrected chi connectivity index (χ0v) is 10.2. The Balaban J connectivity index is 1.88. The van der Waals surface area contributed by atoms with Crippen molar-refractivity contribution in [2.45, 2.75) is 32.3 Å². The molecule has 0 saturated heterocycles. The van der Waals surface area contributed by atoms with Crippen molar-refractivity contribution in [3.05, 3.63) is 35.1 Å². The summed E-state index contributed by atoms with van der Waals surface area (Å²) in [5.74, 6) is -1.32. The fourth-order valence-corrected chi connectivity index (χ4v) is 2.35. The first kappa shape index (κ1) is 13.0. The highest BCUT2D eigenvalue weighted by Gasteiger charge is 2.15. The van der Waals surface area contributed by atoms with E-state index in [9.17, 15) is 9.18 Å². The first-order valence-electron chi connectivity index (χ1n) is 6.26. The second-order valence-electron chi connectivity index (χ2n) is 4.78. The van der Waals surface area contributed by atoms with Crippen molar-refractivity contribution in [3.8, 4) is 0 Å². The Kier molecular flexibility index (Phi) is 4.31. The molecule has 1 aromatic carbocycles. The van der Waals surface area contributed by atoms with Crippen molar-refractivity contribution in [2.75, 3.05) is 6.61 Å². The van der Waals surface area contributed by atoms with Gasteiger partial charge in [-0.1, -0.05) is 18.9 Å². The van der Waals surface area contributed by atoms with Crippen molar-refractivity contribution in [3.63, 3.8) is 0 Å². The summed E-state index contributed by atoms with van der Waals surface area (Å²) in [6.07, 6.45) is 4.97. The van der Waals surface area contributed by atoms with Crippen LogP contribution in [0.15, 0.2) is 18.2 Å². The van der Waals surface area contributed by atoms with Gasteiger partial charge < -0.3 is 9.84 Å². The van der Waals surface area contributed by atoms with Crippen LogP contribution >= 0.6 is 0 Å². The number of hydrogen-bond acceptors (Lipinski definition) is 2. The van der Waals surface area contributed by atoms with Crippen LogP contribution in [0.4, 0.5) is 4.39 Å². The van der Waals surface area contributed by atoms with Crippen molar-refractivity contribution in [1.82, 2.24) is 0 Å². The summed E-state index contributed by atoms with van der Waals surface area (Å²) < 4.78 is 18.7. The molecule has 18 heavy (non-hydrogen) atoms. The Labute approximate surface area is 106 Å². The molecule has 1 aliphatic rings. The van der Waals surface area contributed by atoms with Gasteiger partial charge in [0, 0.05) is 6.61 Å². The van der Waals surface area contributed by atoms with E-state index in [1.807, 2.05) is 0 Å². The van der Waals surface area contributed by atoms with Gasteiger partial charge in [-0.05, 0) is 36.5 Å². The molecular formula is C14H17FO3. The van der Waals surface area contributed by atoms with Crippen LogP contribution in [0.2, 0.25) is 0 Å². The quantitative estimate of drug-likeness (QED) is 0.875. The molecule has 1 saturated carbocycles. The molecular weight excluding hydrogens is 235 g/mol. The molecule has 1 N–H and O–H groups in total. The van der Waals surface area contributed by atoms with Gasteiger partial charge in [0.2, 0.25) is 0 Å². The predicted molar refractivity (Wildman–Crippen MR) is 65.0 cm³/mol. The average Bonchev–Trinajstić information content (AvgIpc) is 2.84. The van der Waals surface area contributed by atoms with Gasteiger partial charge >= 0.3 is 5.97 Å². The first-order valence-corrected chi connectivity index (χ1v) is 6.26. The maximum atomic E-state index is 13.2. The van der Waals surface area contributed by atoms with E-state index in [-0.39, 0.29) is 5.56 Å². The number of rotatable bonds is 5. The number of carboxylic acids is 1. The molecule has 3 nitrogen and oxygen atoms in total. The van der Waals surface area contributed by atoms with Crippen LogP contribution in [0.25, 0.3) is 0 Å². The molecule has 1 fully saturated rings. The zero-order chi connectivity index (χ0) is 13.0. The number of ether oxygens (including phenoxy) is 1. The van der Waals surface area contributed by atoms with E-state index in [2.05, 4.69) is 0 Å². The van der Waals surface area contributed by atoms with Crippen molar-refractivity contribution in [2.24, 2.45) is 5.92 Å². The summed E-state index contributed by atoms with van der Waals surface area (Å²) in [6.45, 7) is 1.05. The highest BCUT2D eigenvalue weighted by Crippen LogP contribution is 2.25. The molecule has 4 heteroatoms. The van der Waals surface area contributed by atoms with Gasteiger partial charge in [-0.2, -0.15) is 0 Å². The predicted octanol–water partition coefficient (Wildman–Crippen LogP) is 3.23. The first-order chi connectivity index (χ1) is 8.66. The lowest BCUT2D eigenvalue weighted by Gasteiger charge is -2.10. The minimum atomic E-state index is -1.25. The molecule has 0 spiro atoms. The molecule has 0 amide bonds. The lowest BCUT2D eigenvalue weighted by atomic mass is 10.1. The summed E-state index contributed by atoms with van der Waals surface area (Å²) >= 11 is 0. The number of hydrogen-bond donors (Lipinski definition) is 1. The normalized spacial score (nSPS) is 16.1. The van der Waals surface area contributed by atoms with Crippen LogP contribution in [0.1, 0.15) is 41.6 Å². The fraction of sp³-hybridized carbons (Fsp3) is 0.500. The summed E-state index contributed by atoms with van der Waals surface area (Å²) in [6, 6.07) is 4.08. The third-order valence-electron chi connectivity index (χ3n) is 3.36. The van der Waals surface area contributed by atoms with Crippen LogP contribution in [0.3, 0.4) is 0 Å². The van der Waals surface area contributed by atoms with Crippen LogP contribution in [0, 0.1) is 11.7 Å². The van der Waals surface area contributed by atoms with E-state index in [1.165, 1.54) is 37.8 Å². The van der Waals surface area contributed by atoms with Crippen molar-refractivity contribution in [1.29, 1.82) is 0 Å². The second-order valence-corrected chi connectivity index (χ2v) is 4.78. The van der Waals surface area contributed by atoms with Gasteiger partial charge in [0.15, 0.2) is 0 Å². The van der Waals surface area contributed by atoms with Gasteiger partial charge in [-0.3, -0.25) is 0 Å². The fourth-order valence-electron chi connectivity index (χ4n) is 2.35. The Bertz CT molecular complexity index is 425. The Morgan fingerprint density at radius 1 is 1.39 bits per heavy atom. The smallest absolute Gasteiger partial charge is 0.338 e. The molecule has 0 radical (unpaired) electrons. The topological polar surface area (TPSA) is 46.5 Å². The second kappa shape index (κ2) is 5.96. The van der Waals surface area contributed by atoms with E-state index >= 15 is 0 Å². The molecule has 1 aliphatic carbocycles. The molecule has 2 rings (SSSR count). The van der Waals surface area contributed by atoms with Crippen LogP contribution in [0.5, 0.6) is 0 Å². The molecule has 0 atom stereocenters. The Hall–Kier alpha value is -1.42. The van der Waals surface area contributed by atoms with Gasteiger partial charge in [-0.25, -0.2) is 9.18 Å². The maximum Gasteiger partial charge on any atom is 0.338 e. The van der Waals surface area contributed by atoms with Crippen LogP contribution in [-0.2, 0) is 11.3 Å². The summed E-state index contributed by atoms with van der Waals surface area (Å²) in [5, 5.41) is 8.81. The molecule has 0 heterocycles. The van der Waals surface area contributed by atoms with Gasteiger partial charge in [0.05, 0.1) is 12.2 Å². The van der Waals surface area contributed by atoms with Gasteiger partial charge in [-0.15, -0.1) is 0 Å². The van der Waals surface area contributed by atoms with Crippen LogP contribution in [-0.4, -0.2) is 17.7 Å². The van der Waals surface area contributed by atoms with Crippen molar-refractivity contribution < 1.29 is 19.0 Å². The summed E-state index contributed by atoms with van der Waals surface area (Å²) in [5.41, 5.74) is 0.406. The third-order valence-corrected chi connectivity index (χ3v) is 3.36. The number of aromatic carboxylic acids is 1. The molecule has 0 bridgehead atoms. The maximum absolute atomic E-state index is 13.2. The standard InChI is InChI=1S/C14H17FO3/c15-13-6-5-11(7-12(13)14(16)17)9-18-8-10-3-1-2-4-10/h5-7,10H,1-4,8-9H2,(H,16,17). The van der Waals surface area contributed by atoms with E-state index in [0.29, 0.717) is 24.7 Å². The largest absolute Gasteiger partial charge is 0.478 e. The van der Waals surface area contributed by atoms with E-state index in [4.69, 9.17) is 9.84 Å². The third kappa shape index (κ3) is 3.29. The number of halogens is 1. The monoisotopic (exact) mass is 252 g/mol. The molecule has 0 aliphatic heterocycles. The Morgan fingerprint density at radius 2 is 2.11 bits per heavy atom. The minimum absolute atomic E-state index is 0.294. The minimum Gasteiger partial charge on any atom is -0.478 e. The van der Waals surface area contributed by atoms with Crippen molar-refractivity contribution >= 4 is 5.97 Å². The Morgan fingerprint density at radius 3 is 2.78 bits per heavy atom.